The van der Waals surface area contributed by atoms with E-state index < -0.39 is 0 Å². The summed E-state index contributed by atoms with van der Waals surface area (Å²) in [5.74, 6) is 0.975. The number of rotatable bonds is 6. The smallest absolute Gasteiger partial charge is 0.229 e. The molecule has 2 N–H and O–H groups in total. The molecule has 0 fully saturated rings. The van der Waals surface area contributed by atoms with Crippen LogP contribution in [-0.2, 0) is 11.2 Å². The van der Waals surface area contributed by atoms with E-state index in [0.29, 0.717) is 24.6 Å². The monoisotopic (exact) mass is 282 g/mol. The maximum Gasteiger partial charge on any atom is 0.229 e. The van der Waals surface area contributed by atoms with Crippen LogP contribution >= 0.6 is 0 Å². The molecule has 0 unspecified atom stereocenters. The van der Waals surface area contributed by atoms with Crippen molar-refractivity contribution >= 4 is 17.5 Å². The number of hydrogen-bond acceptors (Lipinski definition) is 4. The lowest BCUT2D eigenvalue weighted by molar-refractivity contribution is -0.115. The van der Waals surface area contributed by atoms with Crippen molar-refractivity contribution in [3.63, 3.8) is 0 Å². The Morgan fingerprint density at radius 3 is 2.43 bits per heavy atom. The third-order valence-corrected chi connectivity index (χ3v) is 2.84. The summed E-state index contributed by atoms with van der Waals surface area (Å²) in [4.78, 5) is 11.9. The highest BCUT2D eigenvalue weighted by atomic mass is 16.1. The molecule has 0 aliphatic carbocycles. The molecule has 108 valence electrons. The number of amides is 1. The minimum Gasteiger partial charge on any atom is -0.365 e. The van der Waals surface area contributed by atoms with Crippen molar-refractivity contribution < 1.29 is 4.79 Å². The van der Waals surface area contributed by atoms with Gasteiger partial charge in [0.25, 0.3) is 0 Å². The van der Waals surface area contributed by atoms with Crippen molar-refractivity contribution in [3.8, 4) is 0 Å². The predicted molar refractivity (Wildman–Crippen MR) is 84.2 cm³/mol. The second kappa shape index (κ2) is 7.19. The standard InChI is InChI=1S/C16H18N4O/c1-3-10-17-14-8-9-15(20-19-14)18-16(21)11-13-6-4-12(2)5-7-13/h3-9H,1,10-11H2,2H3,(H,17,19)(H,18,20,21). The second-order valence-corrected chi connectivity index (χ2v) is 4.68. The molecule has 0 radical (unpaired) electrons. The molecule has 1 heterocycles. The van der Waals surface area contributed by atoms with Crippen molar-refractivity contribution in [3.05, 3.63) is 60.2 Å². The lowest BCUT2D eigenvalue weighted by Crippen LogP contribution is -2.16. The summed E-state index contributed by atoms with van der Waals surface area (Å²) in [6.45, 7) is 6.24. The predicted octanol–water partition coefficient (Wildman–Crippen LogP) is 2.56. The van der Waals surface area contributed by atoms with E-state index in [1.807, 2.05) is 31.2 Å². The third-order valence-electron chi connectivity index (χ3n) is 2.84. The Labute approximate surface area is 124 Å². The molecule has 0 saturated carbocycles. The summed E-state index contributed by atoms with van der Waals surface area (Å²) in [6.07, 6.45) is 2.05. The molecule has 0 atom stereocenters. The number of aromatic nitrogens is 2. The van der Waals surface area contributed by atoms with Gasteiger partial charge in [-0.1, -0.05) is 35.9 Å². The quantitative estimate of drug-likeness (QED) is 0.799. The molecule has 5 heteroatoms. The van der Waals surface area contributed by atoms with Crippen molar-refractivity contribution in [2.75, 3.05) is 17.2 Å². The van der Waals surface area contributed by atoms with Crippen LogP contribution in [0.25, 0.3) is 0 Å². The van der Waals surface area contributed by atoms with Crippen molar-refractivity contribution in [2.24, 2.45) is 0 Å². The highest BCUT2D eigenvalue weighted by Gasteiger charge is 2.05. The Morgan fingerprint density at radius 1 is 1.14 bits per heavy atom. The first-order valence-corrected chi connectivity index (χ1v) is 6.71. The van der Waals surface area contributed by atoms with Crippen LogP contribution in [0.3, 0.4) is 0 Å². The molecular formula is C16H18N4O. The topological polar surface area (TPSA) is 66.9 Å². The summed E-state index contributed by atoms with van der Waals surface area (Å²) in [7, 11) is 0. The van der Waals surface area contributed by atoms with Crippen LogP contribution in [-0.4, -0.2) is 22.6 Å². The lowest BCUT2D eigenvalue weighted by Gasteiger charge is -2.06. The van der Waals surface area contributed by atoms with Crippen molar-refractivity contribution in [1.82, 2.24) is 10.2 Å². The number of aryl methyl sites for hydroxylation is 1. The minimum atomic E-state index is -0.111. The van der Waals surface area contributed by atoms with Crippen LogP contribution in [0.4, 0.5) is 11.6 Å². The Hall–Kier alpha value is -2.69. The SMILES string of the molecule is C=CCNc1ccc(NC(=O)Cc2ccc(C)cc2)nn1. The number of nitrogens with one attached hydrogen (secondary N) is 2. The average Bonchev–Trinajstić information content (AvgIpc) is 2.49. The van der Waals surface area contributed by atoms with Gasteiger partial charge in [0.2, 0.25) is 5.91 Å². The zero-order chi connectivity index (χ0) is 15.1. The van der Waals surface area contributed by atoms with Crippen molar-refractivity contribution in [2.45, 2.75) is 13.3 Å². The molecule has 0 bridgehead atoms. The summed E-state index contributed by atoms with van der Waals surface area (Å²) in [5, 5.41) is 13.7. The first-order chi connectivity index (χ1) is 10.2. The molecular weight excluding hydrogens is 264 g/mol. The van der Waals surface area contributed by atoms with Gasteiger partial charge < -0.3 is 10.6 Å². The molecule has 1 amide bonds. The van der Waals surface area contributed by atoms with Crippen LogP contribution in [0.1, 0.15) is 11.1 Å². The van der Waals surface area contributed by atoms with Crippen LogP contribution in [0.15, 0.2) is 49.1 Å². The van der Waals surface area contributed by atoms with E-state index >= 15 is 0 Å². The van der Waals surface area contributed by atoms with E-state index in [4.69, 9.17) is 0 Å². The first kappa shape index (κ1) is 14.7. The van der Waals surface area contributed by atoms with Crippen LogP contribution in [0.5, 0.6) is 0 Å². The zero-order valence-corrected chi connectivity index (χ0v) is 12.0. The Balaban J connectivity index is 1.90. The van der Waals surface area contributed by atoms with E-state index in [9.17, 15) is 4.79 Å². The fraction of sp³-hybridized carbons (Fsp3) is 0.188. The van der Waals surface area contributed by atoms with E-state index in [0.717, 1.165) is 5.56 Å². The maximum absolute atomic E-state index is 11.9. The summed E-state index contributed by atoms with van der Waals surface area (Å²) in [5.41, 5.74) is 2.14. The Kier molecular flexibility index (Phi) is 5.04. The van der Waals surface area contributed by atoms with Gasteiger partial charge in [-0.3, -0.25) is 4.79 Å². The van der Waals surface area contributed by atoms with Gasteiger partial charge in [0.1, 0.15) is 5.82 Å². The van der Waals surface area contributed by atoms with E-state index in [1.165, 1.54) is 5.56 Å². The molecule has 1 aromatic carbocycles. The average molecular weight is 282 g/mol. The van der Waals surface area contributed by atoms with Gasteiger partial charge in [-0.2, -0.15) is 0 Å². The first-order valence-electron chi connectivity index (χ1n) is 6.71. The zero-order valence-electron chi connectivity index (χ0n) is 12.0. The fourth-order valence-corrected chi connectivity index (χ4v) is 1.75. The number of anilines is 2. The lowest BCUT2D eigenvalue weighted by atomic mass is 10.1. The number of hydrogen-bond donors (Lipinski definition) is 2. The number of nitrogens with zero attached hydrogens (tertiary/aromatic N) is 2. The van der Waals surface area contributed by atoms with Crippen LogP contribution in [0, 0.1) is 6.92 Å². The van der Waals surface area contributed by atoms with E-state index in [-0.39, 0.29) is 5.91 Å². The molecule has 2 rings (SSSR count). The summed E-state index contributed by atoms with van der Waals surface area (Å²) < 4.78 is 0. The van der Waals surface area contributed by atoms with E-state index in [1.54, 1.807) is 18.2 Å². The molecule has 5 nitrogen and oxygen atoms in total. The van der Waals surface area contributed by atoms with Gasteiger partial charge >= 0.3 is 0 Å². The largest absolute Gasteiger partial charge is 0.365 e. The molecule has 0 spiro atoms. The van der Waals surface area contributed by atoms with Gasteiger partial charge in [-0.25, -0.2) is 0 Å². The Morgan fingerprint density at radius 2 is 1.81 bits per heavy atom. The molecule has 0 aliphatic heterocycles. The van der Waals surface area contributed by atoms with Gasteiger partial charge in [0.15, 0.2) is 5.82 Å². The third kappa shape index (κ3) is 4.72. The van der Waals surface area contributed by atoms with Gasteiger partial charge in [-0.15, -0.1) is 16.8 Å². The molecule has 0 saturated heterocycles. The molecule has 21 heavy (non-hydrogen) atoms. The van der Waals surface area contributed by atoms with Crippen molar-refractivity contribution in [1.29, 1.82) is 0 Å². The summed E-state index contributed by atoms with van der Waals surface area (Å²) in [6, 6.07) is 11.3. The normalized spacial score (nSPS) is 9.95. The van der Waals surface area contributed by atoms with Gasteiger partial charge in [0.05, 0.1) is 6.42 Å². The van der Waals surface area contributed by atoms with E-state index in [2.05, 4.69) is 27.4 Å². The maximum atomic E-state index is 11.9. The highest BCUT2D eigenvalue weighted by Crippen LogP contribution is 2.08. The highest BCUT2D eigenvalue weighted by molar-refractivity contribution is 5.91. The number of carbonyl (C=O) groups is 1. The Bertz CT molecular complexity index is 605. The summed E-state index contributed by atoms with van der Waals surface area (Å²) >= 11 is 0. The number of carbonyl (C=O) groups excluding carboxylic acids is 1. The second-order valence-electron chi connectivity index (χ2n) is 4.68. The van der Waals surface area contributed by atoms with Gasteiger partial charge in [-0.05, 0) is 24.6 Å². The minimum absolute atomic E-state index is 0.111. The molecule has 0 aliphatic rings. The molecule has 2 aromatic rings. The van der Waals surface area contributed by atoms with Gasteiger partial charge in [0, 0.05) is 6.54 Å². The fourth-order valence-electron chi connectivity index (χ4n) is 1.75. The molecule has 1 aromatic heterocycles. The van der Waals surface area contributed by atoms with Crippen LogP contribution in [0.2, 0.25) is 0 Å². The number of benzene rings is 1. The van der Waals surface area contributed by atoms with Crippen LogP contribution < -0.4 is 10.6 Å².